The fourth-order valence-electron chi connectivity index (χ4n) is 3.64. The van der Waals surface area contributed by atoms with E-state index in [-0.39, 0.29) is 16.8 Å². The molecule has 0 amide bonds. The van der Waals surface area contributed by atoms with Crippen molar-refractivity contribution in [1.82, 2.24) is 9.55 Å². The molecule has 0 saturated carbocycles. The number of para-hydroxylation sites is 1. The second-order valence-corrected chi connectivity index (χ2v) is 8.02. The molecular weight excluding hydrogens is 440 g/mol. The third kappa shape index (κ3) is 5.65. The van der Waals surface area contributed by atoms with Gasteiger partial charge in [-0.25, -0.2) is 19.1 Å². The topological polar surface area (TPSA) is 110 Å². The number of ether oxygens (including phenoxy) is 3. The number of pyridine rings is 1. The molecule has 0 unspecified atom stereocenters. The standard InChI is InChI=1S/C25H30N2O7/c1-5-6-8-13-19(17(3)32-18-11-9-7-10-12-18)33-24(29)16(2)27-23(28)21-22(34-25(27)30)20(31-4)14-15-26-21/h7,9-12,14-17,19H,5-6,8,13H2,1-4H3/t16-,17+,19-/m0/s1. The molecule has 182 valence electrons. The highest BCUT2D eigenvalue weighted by Crippen LogP contribution is 2.22. The number of aromatic nitrogens is 2. The molecule has 0 N–H and O–H groups in total. The van der Waals surface area contributed by atoms with Crippen molar-refractivity contribution >= 4 is 17.1 Å². The Balaban J connectivity index is 1.85. The molecule has 34 heavy (non-hydrogen) atoms. The first-order valence-electron chi connectivity index (χ1n) is 11.4. The Morgan fingerprint density at radius 1 is 1.12 bits per heavy atom. The van der Waals surface area contributed by atoms with Crippen LogP contribution in [0, 0.1) is 0 Å². The smallest absolute Gasteiger partial charge is 0.423 e. The lowest BCUT2D eigenvalue weighted by atomic mass is 10.1. The van der Waals surface area contributed by atoms with E-state index in [9.17, 15) is 14.4 Å². The van der Waals surface area contributed by atoms with E-state index >= 15 is 0 Å². The Labute approximate surface area is 197 Å². The molecule has 9 heteroatoms. The van der Waals surface area contributed by atoms with E-state index in [0.717, 1.165) is 19.3 Å². The monoisotopic (exact) mass is 470 g/mol. The van der Waals surface area contributed by atoms with Crippen LogP contribution in [0.2, 0.25) is 0 Å². The Hall–Kier alpha value is -3.62. The van der Waals surface area contributed by atoms with Gasteiger partial charge >= 0.3 is 11.7 Å². The van der Waals surface area contributed by atoms with E-state index in [4.69, 9.17) is 18.6 Å². The van der Waals surface area contributed by atoms with Crippen molar-refractivity contribution in [2.24, 2.45) is 0 Å². The van der Waals surface area contributed by atoms with Crippen LogP contribution in [0.4, 0.5) is 0 Å². The molecule has 2 aromatic heterocycles. The van der Waals surface area contributed by atoms with Gasteiger partial charge in [0.05, 0.1) is 7.11 Å². The first-order chi connectivity index (χ1) is 16.4. The summed E-state index contributed by atoms with van der Waals surface area (Å²) in [4.78, 5) is 42.7. The van der Waals surface area contributed by atoms with Crippen molar-refractivity contribution in [3.63, 3.8) is 0 Å². The minimum atomic E-state index is -1.22. The summed E-state index contributed by atoms with van der Waals surface area (Å²) in [5, 5.41) is 0. The van der Waals surface area contributed by atoms with E-state index in [1.165, 1.54) is 26.3 Å². The highest BCUT2D eigenvalue weighted by molar-refractivity contribution is 5.78. The summed E-state index contributed by atoms with van der Waals surface area (Å²) in [5.41, 5.74) is -0.941. The van der Waals surface area contributed by atoms with Gasteiger partial charge in [-0.05, 0) is 38.8 Å². The van der Waals surface area contributed by atoms with Crippen LogP contribution in [0.15, 0.2) is 56.6 Å². The number of benzene rings is 1. The predicted molar refractivity (Wildman–Crippen MR) is 126 cm³/mol. The number of hydrogen-bond donors (Lipinski definition) is 0. The van der Waals surface area contributed by atoms with E-state index < -0.39 is 35.5 Å². The maximum absolute atomic E-state index is 13.0. The van der Waals surface area contributed by atoms with Crippen molar-refractivity contribution in [1.29, 1.82) is 0 Å². The Bertz CT molecular complexity index is 1220. The van der Waals surface area contributed by atoms with Crippen LogP contribution >= 0.6 is 0 Å². The van der Waals surface area contributed by atoms with Gasteiger partial charge in [-0.2, -0.15) is 0 Å². The molecular formula is C25H30N2O7. The quantitative estimate of drug-likeness (QED) is 0.307. The van der Waals surface area contributed by atoms with Gasteiger partial charge < -0.3 is 18.6 Å². The average molecular weight is 471 g/mol. The van der Waals surface area contributed by atoms with Gasteiger partial charge in [-0.1, -0.05) is 38.0 Å². The number of carbonyl (C=O) groups excluding carboxylic acids is 1. The van der Waals surface area contributed by atoms with Crippen LogP contribution in [0.3, 0.4) is 0 Å². The van der Waals surface area contributed by atoms with Gasteiger partial charge in [-0.3, -0.25) is 4.79 Å². The lowest BCUT2D eigenvalue weighted by Crippen LogP contribution is -2.41. The molecule has 0 aliphatic heterocycles. The Morgan fingerprint density at radius 3 is 2.53 bits per heavy atom. The van der Waals surface area contributed by atoms with Crippen LogP contribution in [0.25, 0.3) is 11.1 Å². The second kappa shape index (κ2) is 11.5. The molecule has 0 spiro atoms. The summed E-state index contributed by atoms with van der Waals surface area (Å²) in [7, 11) is 1.39. The van der Waals surface area contributed by atoms with Gasteiger partial charge in [-0.15, -0.1) is 0 Å². The van der Waals surface area contributed by atoms with Crippen LogP contribution in [0.1, 0.15) is 52.5 Å². The molecule has 0 aliphatic rings. The average Bonchev–Trinajstić information content (AvgIpc) is 2.83. The fraction of sp³-hybridized carbons (Fsp3) is 0.440. The first kappa shape index (κ1) is 25.0. The van der Waals surface area contributed by atoms with Gasteiger partial charge in [0.2, 0.25) is 5.58 Å². The number of methoxy groups -OCH3 is 1. The summed E-state index contributed by atoms with van der Waals surface area (Å²) in [6.07, 6.45) is 3.77. The number of carbonyl (C=O) groups is 1. The summed E-state index contributed by atoms with van der Waals surface area (Å²) in [5.74, 6) is -0.874. The molecule has 9 nitrogen and oxygen atoms in total. The molecule has 0 aliphatic carbocycles. The molecule has 0 radical (unpaired) electrons. The SMILES string of the molecule is CCCCC[C@H](OC(=O)[C@H](C)n1c(=O)oc2c(OC)ccnc2c1=O)[C@@H](C)Oc1ccccc1. The van der Waals surface area contributed by atoms with E-state index in [1.54, 1.807) is 0 Å². The lowest BCUT2D eigenvalue weighted by Gasteiger charge is -2.26. The maximum Gasteiger partial charge on any atom is 0.423 e. The molecule has 0 bridgehead atoms. The number of hydrogen-bond acceptors (Lipinski definition) is 8. The van der Waals surface area contributed by atoms with E-state index in [0.29, 0.717) is 16.7 Å². The van der Waals surface area contributed by atoms with Crippen LogP contribution in [-0.4, -0.2) is 34.8 Å². The lowest BCUT2D eigenvalue weighted by molar-refractivity contribution is -0.158. The normalized spacial score (nSPS) is 13.8. The molecule has 3 aromatic rings. The van der Waals surface area contributed by atoms with E-state index in [1.807, 2.05) is 37.3 Å². The summed E-state index contributed by atoms with van der Waals surface area (Å²) < 4.78 is 22.8. The Morgan fingerprint density at radius 2 is 1.85 bits per heavy atom. The molecule has 3 rings (SSSR count). The van der Waals surface area contributed by atoms with Gasteiger partial charge in [0.15, 0.2) is 11.3 Å². The number of esters is 1. The molecule has 0 saturated heterocycles. The maximum atomic E-state index is 13.0. The highest BCUT2D eigenvalue weighted by Gasteiger charge is 2.29. The van der Waals surface area contributed by atoms with Gasteiger partial charge in [0.1, 0.15) is 24.0 Å². The molecule has 3 atom stereocenters. The third-order valence-corrected chi connectivity index (χ3v) is 5.57. The molecule has 0 fully saturated rings. The zero-order chi connectivity index (χ0) is 24.7. The van der Waals surface area contributed by atoms with Gasteiger partial charge in [0.25, 0.3) is 5.56 Å². The minimum absolute atomic E-state index is 0.0702. The van der Waals surface area contributed by atoms with E-state index in [2.05, 4.69) is 11.9 Å². The largest absolute Gasteiger partial charge is 0.493 e. The Kier molecular flexibility index (Phi) is 8.45. The van der Waals surface area contributed by atoms with Crippen molar-refractivity contribution < 1.29 is 23.4 Å². The molecule has 1 aromatic carbocycles. The minimum Gasteiger partial charge on any atom is -0.493 e. The van der Waals surface area contributed by atoms with Crippen LogP contribution < -0.4 is 20.8 Å². The van der Waals surface area contributed by atoms with Crippen LogP contribution in [-0.2, 0) is 9.53 Å². The highest BCUT2D eigenvalue weighted by atomic mass is 16.6. The van der Waals surface area contributed by atoms with Crippen LogP contribution in [0.5, 0.6) is 11.5 Å². The number of fused-ring (bicyclic) bond motifs is 1. The third-order valence-electron chi connectivity index (χ3n) is 5.57. The summed E-state index contributed by atoms with van der Waals surface area (Å²) in [6.45, 7) is 5.33. The summed E-state index contributed by atoms with van der Waals surface area (Å²) in [6, 6.07) is 9.50. The number of rotatable bonds is 11. The van der Waals surface area contributed by atoms with Crippen molar-refractivity contribution in [2.45, 2.75) is 64.7 Å². The predicted octanol–water partition coefficient (Wildman–Crippen LogP) is 3.88. The number of nitrogens with zero attached hydrogens (tertiary/aromatic N) is 2. The first-order valence-corrected chi connectivity index (χ1v) is 11.4. The van der Waals surface area contributed by atoms with Gasteiger partial charge in [0, 0.05) is 12.3 Å². The zero-order valence-corrected chi connectivity index (χ0v) is 19.9. The fourth-order valence-corrected chi connectivity index (χ4v) is 3.64. The molecule has 2 heterocycles. The van der Waals surface area contributed by atoms with Crippen molar-refractivity contribution in [3.8, 4) is 11.5 Å². The van der Waals surface area contributed by atoms with Crippen molar-refractivity contribution in [2.75, 3.05) is 7.11 Å². The number of unbranched alkanes of at least 4 members (excludes halogenated alkanes) is 2. The zero-order valence-electron chi connectivity index (χ0n) is 19.9. The second-order valence-electron chi connectivity index (χ2n) is 8.02. The summed E-state index contributed by atoms with van der Waals surface area (Å²) >= 11 is 0. The van der Waals surface area contributed by atoms with Crippen molar-refractivity contribution in [3.05, 3.63) is 63.5 Å².